The monoisotopic (exact) mass is 316 g/mol. The molecule has 24 heavy (non-hydrogen) atoms. The van der Waals surface area contributed by atoms with E-state index in [2.05, 4.69) is 77.7 Å². The Morgan fingerprint density at radius 1 is 0.875 bits per heavy atom. The first-order chi connectivity index (χ1) is 11.8. The van der Waals surface area contributed by atoms with Crippen LogP contribution in [0.25, 0.3) is 0 Å². The summed E-state index contributed by atoms with van der Waals surface area (Å²) < 4.78 is 0. The van der Waals surface area contributed by atoms with Gasteiger partial charge in [0.1, 0.15) is 0 Å². The van der Waals surface area contributed by atoms with E-state index < -0.39 is 0 Å². The van der Waals surface area contributed by atoms with Crippen molar-refractivity contribution in [2.75, 3.05) is 0 Å². The van der Waals surface area contributed by atoms with Gasteiger partial charge in [-0.25, -0.2) is 0 Å². The largest absolute Gasteiger partial charge is 0.292 e. The zero-order chi connectivity index (χ0) is 16.2. The Balaban J connectivity index is 1.47. The third-order valence-electron chi connectivity index (χ3n) is 5.79. The second kappa shape index (κ2) is 6.94. The van der Waals surface area contributed by atoms with Gasteiger partial charge in [0.25, 0.3) is 0 Å². The minimum atomic E-state index is 0.585. The maximum absolute atomic E-state index is 3.39. The molecule has 1 nitrogen and oxygen atoms in total. The lowest BCUT2D eigenvalue weighted by Gasteiger charge is -2.53. The first kappa shape index (κ1) is 15.7. The van der Waals surface area contributed by atoms with Gasteiger partial charge in [0.05, 0.1) is 0 Å². The molecule has 1 fully saturated rings. The molecule has 2 aromatic rings. The molecule has 0 amide bonds. The highest BCUT2D eigenvalue weighted by Crippen LogP contribution is 2.52. The van der Waals surface area contributed by atoms with Crippen LogP contribution in [0.1, 0.15) is 43.2 Å². The molecule has 4 rings (SSSR count). The minimum Gasteiger partial charge on any atom is -0.292 e. The van der Waals surface area contributed by atoms with Crippen LogP contribution >= 0.6 is 0 Å². The van der Waals surface area contributed by atoms with Crippen LogP contribution in [0.15, 0.2) is 66.7 Å². The maximum atomic E-state index is 3.39. The molecule has 0 aromatic heterocycles. The predicted molar refractivity (Wildman–Crippen MR) is 99.3 cm³/mol. The van der Waals surface area contributed by atoms with E-state index >= 15 is 0 Å². The number of hydrogen-bond acceptors (Lipinski definition) is 1. The molecule has 0 atom stereocenters. The summed E-state index contributed by atoms with van der Waals surface area (Å²) in [6.45, 7) is 2.11. The summed E-state index contributed by atoms with van der Waals surface area (Å²) >= 11 is 0. The van der Waals surface area contributed by atoms with Crippen molar-refractivity contribution in [1.29, 1.82) is 0 Å². The van der Waals surface area contributed by atoms with E-state index in [1.165, 1.54) is 36.8 Å². The first-order valence-electron chi connectivity index (χ1n) is 9.20. The van der Waals surface area contributed by atoms with Gasteiger partial charge in [-0.3, -0.25) is 4.90 Å². The summed E-state index contributed by atoms with van der Waals surface area (Å²) in [7, 11) is 0. The van der Waals surface area contributed by atoms with Gasteiger partial charge in [-0.15, -0.1) is 0 Å². The topological polar surface area (TPSA) is 3.24 Å². The fourth-order valence-electron chi connectivity index (χ4n) is 4.35. The highest BCUT2D eigenvalue weighted by molar-refractivity contribution is 5.18. The Kier molecular flexibility index (Phi) is 4.53. The molecular formula is C23H26N. The van der Waals surface area contributed by atoms with Crippen molar-refractivity contribution in [3.63, 3.8) is 0 Å². The molecule has 0 bridgehead atoms. The first-order valence-corrected chi connectivity index (χ1v) is 9.20. The molecule has 0 N–H and O–H groups in total. The van der Waals surface area contributed by atoms with Crippen LogP contribution in [0, 0.1) is 11.5 Å². The maximum Gasteiger partial charge on any atom is 0.0240 e. The Morgan fingerprint density at radius 3 is 1.96 bits per heavy atom. The minimum absolute atomic E-state index is 0.585. The van der Waals surface area contributed by atoms with E-state index in [1.807, 2.05) is 0 Å². The van der Waals surface area contributed by atoms with Crippen LogP contribution in [-0.4, -0.2) is 10.9 Å². The number of allylic oxidation sites excluding steroid dienone is 2. The highest BCUT2D eigenvalue weighted by atomic mass is 15.2. The Morgan fingerprint density at radius 2 is 1.46 bits per heavy atom. The molecule has 1 saturated carbocycles. The molecule has 1 radical (unpaired) electrons. The lowest BCUT2D eigenvalue weighted by Crippen LogP contribution is -2.50. The average Bonchev–Trinajstić information content (AvgIpc) is 2.62. The normalized spacial score (nSPS) is 25.8. The van der Waals surface area contributed by atoms with Gasteiger partial charge >= 0.3 is 0 Å². The fourth-order valence-corrected chi connectivity index (χ4v) is 4.35. The van der Waals surface area contributed by atoms with Crippen LogP contribution in [0.3, 0.4) is 0 Å². The standard InChI is InChI=1S/C23H26N/c1-4-10-20(11-5-1)18-24(19-21-12-6-2-7-13-21)22-16-23(17-22)14-8-3-9-15-23/h1-2,4-8,10-13,22H,9,14-19H2. The van der Waals surface area contributed by atoms with E-state index in [0.29, 0.717) is 5.41 Å². The molecule has 1 spiro atoms. The average molecular weight is 316 g/mol. The molecule has 1 heteroatoms. The van der Waals surface area contributed by atoms with Crippen LogP contribution in [0.4, 0.5) is 0 Å². The van der Waals surface area contributed by atoms with Gasteiger partial charge in [-0.05, 0) is 54.7 Å². The zero-order valence-electron chi connectivity index (χ0n) is 14.3. The third-order valence-corrected chi connectivity index (χ3v) is 5.79. The number of benzene rings is 2. The molecule has 0 aliphatic heterocycles. The summed E-state index contributed by atoms with van der Waals surface area (Å²) in [6, 6.07) is 22.6. The van der Waals surface area contributed by atoms with Crippen molar-refractivity contribution in [2.45, 2.75) is 51.2 Å². The molecule has 0 unspecified atom stereocenters. The summed E-state index contributed by atoms with van der Waals surface area (Å²) in [5.74, 6) is 0. The van der Waals surface area contributed by atoms with Crippen LogP contribution in [0.2, 0.25) is 0 Å². The molecular weight excluding hydrogens is 290 g/mol. The Bertz CT molecular complexity index is 626. The van der Waals surface area contributed by atoms with E-state index in [-0.39, 0.29) is 0 Å². The Labute approximate surface area is 146 Å². The second-order valence-electron chi connectivity index (χ2n) is 7.55. The molecule has 123 valence electrons. The van der Waals surface area contributed by atoms with E-state index in [4.69, 9.17) is 0 Å². The van der Waals surface area contributed by atoms with Gasteiger partial charge in [0, 0.05) is 19.1 Å². The van der Waals surface area contributed by atoms with Crippen molar-refractivity contribution < 1.29 is 0 Å². The highest BCUT2D eigenvalue weighted by Gasteiger charge is 2.45. The Hall–Kier alpha value is -1.86. The SMILES string of the molecule is [C]1=CCC2(CC1)CC(N(Cc1ccccc1)Cc1ccccc1)C2. The van der Waals surface area contributed by atoms with Crippen molar-refractivity contribution in [2.24, 2.45) is 5.41 Å². The van der Waals surface area contributed by atoms with Gasteiger partial charge in [-0.1, -0.05) is 66.7 Å². The zero-order valence-corrected chi connectivity index (χ0v) is 14.3. The molecule has 2 aliphatic carbocycles. The van der Waals surface area contributed by atoms with Crippen molar-refractivity contribution in [3.05, 3.63) is 83.9 Å². The molecule has 2 aliphatic rings. The number of nitrogens with zero attached hydrogens (tertiary/aromatic N) is 1. The lowest BCUT2D eigenvalue weighted by atomic mass is 9.59. The van der Waals surface area contributed by atoms with Crippen LogP contribution in [0.5, 0.6) is 0 Å². The predicted octanol–water partition coefficient (Wildman–Crippen LogP) is 5.38. The van der Waals surface area contributed by atoms with E-state index in [1.54, 1.807) is 0 Å². The van der Waals surface area contributed by atoms with Gasteiger partial charge in [0.15, 0.2) is 0 Å². The van der Waals surface area contributed by atoms with Crippen molar-refractivity contribution in [3.8, 4) is 0 Å². The summed E-state index contributed by atoms with van der Waals surface area (Å²) in [5, 5.41) is 0. The quantitative estimate of drug-likeness (QED) is 0.715. The van der Waals surface area contributed by atoms with E-state index in [0.717, 1.165) is 25.6 Å². The van der Waals surface area contributed by atoms with Crippen LogP contribution in [-0.2, 0) is 13.1 Å². The van der Waals surface area contributed by atoms with Gasteiger partial charge < -0.3 is 0 Å². The van der Waals surface area contributed by atoms with Crippen molar-refractivity contribution in [1.82, 2.24) is 4.90 Å². The van der Waals surface area contributed by atoms with E-state index in [9.17, 15) is 0 Å². The molecule has 0 saturated heterocycles. The fraction of sp³-hybridized carbons (Fsp3) is 0.391. The summed E-state index contributed by atoms with van der Waals surface area (Å²) in [5.41, 5.74) is 3.43. The lowest BCUT2D eigenvalue weighted by molar-refractivity contribution is -0.0152. The summed E-state index contributed by atoms with van der Waals surface area (Å²) in [6.07, 6.45) is 12.1. The van der Waals surface area contributed by atoms with Gasteiger partial charge in [0.2, 0.25) is 0 Å². The van der Waals surface area contributed by atoms with Crippen molar-refractivity contribution >= 4 is 0 Å². The number of hydrogen-bond donors (Lipinski definition) is 0. The molecule has 0 heterocycles. The third kappa shape index (κ3) is 3.47. The summed E-state index contributed by atoms with van der Waals surface area (Å²) in [4.78, 5) is 2.69. The smallest absolute Gasteiger partial charge is 0.0240 e. The van der Waals surface area contributed by atoms with Crippen LogP contribution < -0.4 is 0 Å². The number of rotatable bonds is 5. The second-order valence-corrected chi connectivity index (χ2v) is 7.55. The van der Waals surface area contributed by atoms with Gasteiger partial charge in [-0.2, -0.15) is 0 Å². The molecule has 2 aromatic carbocycles.